The van der Waals surface area contributed by atoms with E-state index >= 15 is 0 Å². The molecule has 20 heavy (non-hydrogen) atoms. The zero-order chi connectivity index (χ0) is 14.3. The predicted octanol–water partition coefficient (Wildman–Crippen LogP) is 1.78. The first-order chi connectivity index (χ1) is 9.45. The van der Waals surface area contributed by atoms with Crippen molar-refractivity contribution in [2.45, 2.75) is 39.2 Å². The summed E-state index contributed by atoms with van der Waals surface area (Å²) >= 11 is 0. The Kier molecular flexibility index (Phi) is 3.08. The molecule has 0 N–H and O–H groups in total. The summed E-state index contributed by atoms with van der Waals surface area (Å²) in [7, 11) is 1.80. The summed E-state index contributed by atoms with van der Waals surface area (Å²) in [5, 5.41) is 12.0. The third kappa shape index (κ3) is 2.33. The van der Waals surface area contributed by atoms with Crippen molar-refractivity contribution in [1.82, 2.24) is 25.1 Å². The normalized spacial score (nSPS) is 23.4. The van der Waals surface area contributed by atoms with Gasteiger partial charge in [0.05, 0.1) is 18.2 Å². The molecule has 0 amide bonds. The van der Waals surface area contributed by atoms with Gasteiger partial charge in [0, 0.05) is 13.7 Å². The number of nitrogens with zero attached hydrogens (tertiary/aromatic N) is 5. The van der Waals surface area contributed by atoms with Crippen LogP contribution >= 0.6 is 0 Å². The van der Waals surface area contributed by atoms with E-state index < -0.39 is 0 Å². The fourth-order valence-corrected chi connectivity index (χ4v) is 2.64. The number of ether oxygens (including phenoxy) is 1. The summed E-state index contributed by atoms with van der Waals surface area (Å²) in [4.78, 5) is 4.47. The van der Waals surface area contributed by atoms with E-state index in [9.17, 15) is 0 Å². The van der Waals surface area contributed by atoms with Crippen molar-refractivity contribution in [3.63, 3.8) is 0 Å². The van der Waals surface area contributed by atoms with Gasteiger partial charge in [-0.1, -0.05) is 31.1 Å². The molecule has 2 aromatic rings. The quantitative estimate of drug-likeness (QED) is 0.832. The van der Waals surface area contributed by atoms with Crippen molar-refractivity contribution in [1.29, 1.82) is 0 Å². The van der Waals surface area contributed by atoms with E-state index in [0.29, 0.717) is 17.4 Å². The van der Waals surface area contributed by atoms with Crippen molar-refractivity contribution in [2.24, 2.45) is 12.5 Å². The molecule has 0 aliphatic carbocycles. The Hall–Kier alpha value is -1.76. The zero-order valence-electron chi connectivity index (χ0n) is 12.2. The molecular formula is C13H19N5O2. The van der Waals surface area contributed by atoms with E-state index in [1.165, 1.54) is 0 Å². The van der Waals surface area contributed by atoms with Crippen LogP contribution in [-0.2, 0) is 11.8 Å². The Bertz CT molecular complexity index is 598. The maximum atomic E-state index is 5.85. The van der Waals surface area contributed by atoms with Crippen molar-refractivity contribution in [3.05, 3.63) is 12.0 Å². The third-order valence-electron chi connectivity index (χ3n) is 3.54. The highest BCUT2D eigenvalue weighted by molar-refractivity contribution is 5.43. The van der Waals surface area contributed by atoms with Crippen molar-refractivity contribution in [3.8, 4) is 11.6 Å². The average Bonchev–Trinajstić information content (AvgIpc) is 3.06. The van der Waals surface area contributed by atoms with E-state index in [4.69, 9.17) is 9.26 Å². The first-order valence-corrected chi connectivity index (χ1v) is 6.77. The van der Waals surface area contributed by atoms with Crippen LogP contribution in [0.5, 0.6) is 0 Å². The minimum atomic E-state index is 0.0501. The fourth-order valence-electron chi connectivity index (χ4n) is 2.64. The smallest absolute Gasteiger partial charge is 0.280 e. The topological polar surface area (TPSA) is 78.9 Å². The zero-order valence-corrected chi connectivity index (χ0v) is 12.2. The van der Waals surface area contributed by atoms with Crippen LogP contribution < -0.4 is 0 Å². The van der Waals surface area contributed by atoms with Gasteiger partial charge >= 0.3 is 0 Å². The van der Waals surface area contributed by atoms with E-state index in [-0.39, 0.29) is 17.4 Å². The Balaban J connectivity index is 1.86. The monoisotopic (exact) mass is 277 g/mol. The highest BCUT2D eigenvalue weighted by Gasteiger charge is 2.40. The van der Waals surface area contributed by atoms with Crippen LogP contribution in [0.1, 0.15) is 38.9 Å². The van der Waals surface area contributed by atoms with Gasteiger partial charge in [-0.2, -0.15) is 4.98 Å². The molecule has 2 atom stereocenters. The average molecular weight is 277 g/mol. The lowest BCUT2D eigenvalue weighted by atomic mass is 9.81. The molecule has 0 unspecified atom stereocenters. The minimum absolute atomic E-state index is 0.0501. The summed E-state index contributed by atoms with van der Waals surface area (Å²) in [5.41, 5.74) is 0.645. The Morgan fingerprint density at radius 1 is 1.35 bits per heavy atom. The molecule has 0 bridgehead atoms. The molecule has 0 radical (unpaired) electrons. The van der Waals surface area contributed by atoms with Gasteiger partial charge in [0.25, 0.3) is 5.89 Å². The molecule has 3 rings (SSSR count). The third-order valence-corrected chi connectivity index (χ3v) is 3.54. The van der Waals surface area contributed by atoms with Gasteiger partial charge < -0.3 is 9.26 Å². The molecule has 1 fully saturated rings. The van der Waals surface area contributed by atoms with Crippen LogP contribution in [0.4, 0.5) is 0 Å². The second-order valence-corrected chi connectivity index (χ2v) is 6.29. The van der Waals surface area contributed by atoms with Crippen LogP contribution in [0.25, 0.3) is 11.6 Å². The second kappa shape index (κ2) is 4.66. The molecule has 3 heterocycles. The lowest BCUT2D eigenvalue weighted by Crippen LogP contribution is -2.30. The maximum Gasteiger partial charge on any atom is 0.280 e. The summed E-state index contributed by atoms with van der Waals surface area (Å²) < 4.78 is 12.8. The Morgan fingerprint density at radius 3 is 2.80 bits per heavy atom. The van der Waals surface area contributed by atoms with Crippen LogP contribution in [0, 0.1) is 5.41 Å². The number of aryl methyl sites for hydroxylation is 1. The van der Waals surface area contributed by atoms with Gasteiger partial charge in [-0.3, -0.25) is 4.68 Å². The van der Waals surface area contributed by atoms with Gasteiger partial charge in [-0.15, -0.1) is 5.10 Å². The van der Waals surface area contributed by atoms with Gasteiger partial charge in [-0.25, -0.2) is 0 Å². The van der Waals surface area contributed by atoms with Crippen LogP contribution in [0.3, 0.4) is 0 Å². The number of hydrogen-bond acceptors (Lipinski definition) is 6. The largest absolute Gasteiger partial charge is 0.377 e. The number of rotatable bonds is 2. The molecule has 0 saturated carbocycles. The molecule has 7 heteroatoms. The van der Waals surface area contributed by atoms with Crippen LogP contribution in [0.2, 0.25) is 0 Å². The highest BCUT2D eigenvalue weighted by Crippen LogP contribution is 2.40. The molecule has 1 aliphatic heterocycles. The summed E-state index contributed by atoms with van der Waals surface area (Å²) in [6, 6.07) is 0. The summed E-state index contributed by atoms with van der Waals surface area (Å²) in [6.45, 7) is 7.24. The van der Waals surface area contributed by atoms with Gasteiger partial charge in [0.2, 0.25) is 0 Å². The number of hydrogen-bond donors (Lipinski definition) is 0. The standard InChI is InChI=1S/C13H19N5O2/c1-13(2,3)10-8(5-6-19-10)11-14-12(20-16-11)9-7-18(4)17-15-9/h7-8,10H,5-6H2,1-4H3/t8-,10-/m1/s1. The first-order valence-electron chi connectivity index (χ1n) is 6.77. The van der Waals surface area contributed by atoms with Gasteiger partial charge in [0.15, 0.2) is 11.5 Å². The molecule has 7 nitrogen and oxygen atoms in total. The van der Waals surface area contributed by atoms with E-state index in [1.807, 2.05) is 0 Å². The number of aromatic nitrogens is 5. The van der Waals surface area contributed by atoms with Crippen molar-refractivity contribution in [2.75, 3.05) is 6.61 Å². The highest BCUT2D eigenvalue weighted by atomic mass is 16.5. The van der Waals surface area contributed by atoms with Crippen LogP contribution in [-0.4, -0.2) is 37.8 Å². The Morgan fingerprint density at radius 2 is 2.15 bits per heavy atom. The van der Waals surface area contributed by atoms with Gasteiger partial charge in [-0.05, 0) is 11.8 Å². The maximum absolute atomic E-state index is 5.85. The molecule has 108 valence electrons. The van der Waals surface area contributed by atoms with Crippen molar-refractivity contribution < 1.29 is 9.26 Å². The van der Waals surface area contributed by atoms with Gasteiger partial charge in [0.1, 0.15) is 0 Å². The first kappa shape index (κ1) is 13.2. The predicted molar refractivity (Wildman–Crippen MR) is 70.8 cm³/mol. The molecular weight excluding hydrogens is 258 g/mol. The van der Waals surface area contributed by atoms with E-state index in [2.05, 4.69) is 41.2 Å². The summed E-state index contributed by atoms with van der Waals surface area (Å²) in [6.07, 6.45) is 2.78. The molecule has 0 spiro atoms. The molecule has 2 aromatic heterocycles. The lowest BCUT2D eigenvalue weighted by molar-refractivity contribution is 0.0193. The fraction of sp³-hybridized carbons (Fsp3) is 0.692. The second-order valence-electron chi connectivity index (χ2n) is 6.29. The Labute approximate surface area is 117 Å². The summed E-state index contributed by atoms with van der Waals surface area (Å²) in [5.74, 6) is 1.28. The SMILES string of the molecule is Cn1cc(-c2nc([C@@H]3CCO[C@H]3C(C)(C)C)no2)nn1. The molecule has 1 aliphatic rings. The molecule has 1 saturated heterocycles. The van der Waals surface area contributed by atoms with Crippen molar-refractivity contribution >= 4 is 0 Å². The molecule has 0 aromatic carbocycles. The van der Waals surface area contributed by atoms with Crippen LogP contribution in [0.15, 0.2) is 10.7 Å². The van der Waals surface area contributed by atoms with E-state index in [1.54, 1.807) is 17.9 Å². The minimum Gasteiger partial charge on any atom is -0.377 e. The lowest BCUT2D eigenvalue weighted by Gasteiger charge is -2.29. The van der Waals surface area contributed by atoms with E-state index in [0.717, 1.165) is 13.0 Å².